The lowest BCUT2D eigenvalue weighted by Gasteiger charge is -2.13. The topological polar surface area (TPSA) is 0 Å². The van der Waals surface area contributed by atoms with Crippen LogP contribution in [-0.4, -0.2) is 0 Å². The molecule has 0 spiro atoms. The summed E-state index contributed by atoms with van der Waals surface area (Å²) < 4.78 is 14.3. The van der Waals surface area contributed by atoms with E-state index in [4.69, 9.17) is 0 Å². The van der Waals surface area contributed by atoms with Crippen molar-refractivity contribution in [3.05, 3.63) is 82.1 Å². The summed E-state index contributed by atoms with van der Waals surface area (Å²) in [6, 6.07) is 19.6. The molecule has 1 atom stereocenters. The fourth-order valence-electron chi connectivity index (χ4n) is 2.54. The molecule has 0 amide bonds. The zero-order valence-electron chi connectivity index (χ0n) is 11.2. The standard InChI is InChI=1S/C18H13Br2F/c19-15-8-14(9-16(21)11-15)18(20)10-13-6-3-5-12-4-1-2-7-17(12)13/h1-9,11,18H,10H2. The average molecular weight is 408 g/mol. The van der Waals surface area contributed by atoms with Crippen LogP contribution in [0.3, 0.4) is 0 Å². The molecule has 106 valence electrons. The van der Waals surface area contributed by atoms with Crippen LogP contribution < -0.4 is 0 Å². The van der Waals surface area contributed by atoms with Crippen molar-refractivity contribution in [3.8, 4) is 0 Å². The van der Waals surface area contributed by atoms with E-state index in [9.17, 15) is 4.39 Å². The van der Waals surface area contributed by atoms with Gasteiger partial charge in [-0.15, -0.1) is 0 Å². The van der Waals surface area contributed by atoms with Gasteiger partial charge in [-0.1, -0.05) is 74.3 Å². The monoisotopic (exact) mass is 406 g/mol. The number of halogens is 3. The summed E-state index contributed by atoms with van der Waals surface area (Å²) in [4.78, 5) is 0.0790. The summed E-state index contributed by atoms with van der Waals surface area (Å²) in [5.41, 5.74) is 2.20. The molecule has 0 fully saturated rings. The summed E-state index contributed by atoms with van der Waals surface area (Å²) in [6.07, 6.45) is 0.817. The number of benzene rings is 3. The highest BCUT2D eigenvalue weighted by Crippen LogP contribution is 2.32. The van der Waals surface area contributed by atoms with Gasteiger partial charge in [-0.05, 0) is 46.5 Å². The number of alkyl halides is 1. The van der Waals surface area contributed by atoms with Gasteiger partial charge in [0.15, 0.2) is 0 Å². The van der Waals surface area contributed by atoms with Gasteiger partial charge in [0.1, 0.15) is 5.82 Å². The number of fused-ring (bicyclic) bond motifs is 1. The minimum atomic E-state index is -0.221. The molecule has 3 aromatic carbocycles. The molecule has 3 heteroatoms. The first kappa shape index (κ1) is 14.7. The maximum Gasteiger partial charge on any atom is 0.124 e. The van der Waals surface area contributed by atoms with E-state index in [2.05, 4.69) is 62.2 Å². The molecule has 0 radical (unpaired) electrons. The summed E-state index contributed by atoms with van der Waals surface area (Å²) in [5, 5.41) is 2.48. The fourth-order valence-corrected chi connectivity index (χ4v) is 3.63. The summed E-state index contributed by atoms with van der Waals surface area (Å²) >= 11 is 7.03. The van der Waals surface area contributed by atoms with Crippen molar-refractivity contribution >= 4 is 42.6 Å². The van der Waals surface area contributed by atoms with E-state index in [1.807, 2.05) is 18.2 Å². The third kappa shape index (κ3) is 3.35. The van der Waals surface area contributed by atoms with Gasteiger partial charge in [-0.25, -0.2) is 4.39 Å². The van der Waals surface area contributed by atoms with Crippen molar-refractivity contribution in [3.63, 3.8) is 0 Å². The lowest BCUT2D eigenvalue weighted by molar-refractivity contribution is 0.624. The molecule has 0 aromatic heterocycles. The Bertz CT molecular complexity index is 758. The molecule has 3 rings (SSSR count). The number of hydrogen-bond donors (Lipinski definition) is 0. The van der Waals surface area contributed by atoms with E-state index in [1.54, 1.807) is 6.07 Å². The van der Waals surface area contributed by atoms with Gasteiger partial charge in [0.2, 0.25) is 0 Å². The molecule has 0 aliphatic rings. The predicted molar refractivity (Wildman–Crippen MR) is 93.4 cm³/mol. The first-order valence-corrected chi connectivity index (χ1v) is 8.41. The van der Waals surface area contributed by atoms with Gasteiger partial charge < -0.3 is 0 Å². The SMILES string of the molecule is Fc1cc(Br)cc(C(Br)Cc2cccc3ccccc23)c1. The Morgan fingerprint density at radius 2 is 1.71 bits per heavy atom. The molecule has 1 unspecified atom stereocenters. The Morgan fingerprint density at radius 3 is 2.52 bits per heavy atom. The zero-order valence-corrected chi connectivity index (χ0v) is 14.4. The highest BCUT2D eigenvalue weighted by atomic mass is 79.9. The van der Waals surface area contributed by atoms with Crippen LogP contribution >= 0.6 is 31.9 Å². The van der Waals surface area contributed by atoms with Gasteiger partial charge >= 0.3 is 0 Å². The molecule has 0 heterocycles. The predicted octanol–water partition coefficient (Wildman–Crippen LogP) is 6.42. The minimum absolute atomic E-state index is 0.0790. The summed E-state index contributed by atoms with van der Waals surface area (Å²) in [7, 11) is 0. The Labute approximate surface area is 140 Å². The van der Waals surface area contributed by atoms with Crippen LogP contribution in [0.4, 0.5) is 4.39 Å². The molecule has 0 N–H and O–H groups in total. The van der Waals surface area contributed by atoms with Crippen LogP contribution in [0.25, 0.3) is 10.8 Å². The lowest BCUT2D eigenvalue weighted by Crippen LogP contribution is -1.97. The molecular weight excluding hydrogens is 395 g/mol. The molecule has 0 aliphatic heterocycles. The first-order chi connectivity index (χ1) is 10.1. The van der Waals surface area contributed by atoms with Gasteiger partial charge in [0, 0.05) is 9.30 Å². The van der Waals surface area contributed by atoms with E-state index in [1.165, 1.54) is 22.4 Å². The van der Waals surface area contributed by atoms with Gasteiger partial charge in [0.25, 0.3) is 0 Å². The quantitative estimate of drug-likeness (QED) is 0.439. The molecule has 0 saturated heterocycles. The molecule has 0 saturated carbocycles. The van der Waals surface area contributed by atoms with Crippen molar-refractivity contribution < 1.29 is 4.39 Å². The van der Waals surface area contributed by atoms with Gasteiger partial charge in [0.05, 0.1) is 0 Å². The lowest BCUT2D eigenvalue weighted by atomic mass is 9.98. The first-order valence-electron chi connectivity index (χ1n) is 6.70. The zero-order chi connectivity index (χ0) is 14.8. The van der Waals surface area contributed by atoms with E-state index in [0.717, 1.165) is 16.5 Å². The van der Waals surface area contributed by atoms with Gasteiger partial charge in [-0.3, -0.25) is 0 Å². The second-order valence-electron chi connectivity index (χ2n) is 5.01. The average Bonchev–Trinajstić information content (AvgIpc) is 2.46. The smallest absolute Gasteiger partial charge is 0.124 e. The van der Waals surface area contributed by atoms with Gasteiger partial charge in [-0.2, -0.15) is 0 Å². The molecule has 0 bridgehead atoms. The second kappa shape index (κ2) is 6.29. The highest BCUT2D eigenvalue weighted by Gasteiger charge is 2.12. The molecule has 21 heavy (non-hydrogen) atoms. The van der Waals surface area contributed by atoms with Crippen molar-refractivity contribution in [1.29, 1.82) is 0 Å². The van der Waals surface area contributed by atoms with E-state index in [0.29, 0.717) is 0 Å². The molecular formula is C18H13Br2F. The Kier molecular flexibility index (Phi) is 4.41. The third-order valence-electron chi connectivity index (χ3n) is 3.53. The van der Waals surface area contributed by atoms with Crippen molar-refractivity contribution in [2.24, 2.45) is 0 Å². The van der Waals surface area contributed by atoms with Crippen molar-refractivity contribution in [2.45, 2.75) is 11.2 Å². The van der Waals surface area contributed by atoms with Crippen LogP contribution in [0.5, 0.6) is 0 Å². The van der Waals surface area contributed by atoms with Crippen molar-refractivity contribution in [2.75, 3.05) is 0 Å². The van der Waals surface area contributed by atoms with E-state index in [-0.39, 0.29) is 10.6 Å². The molecule has 3 aromatic rings. The van der Waals surface area contributed by atoms with Crippen LogP contribution in [-0.2, 0) is 6.42 Å². The third-order valence-corrected chi connectivity index (χ3v) is 4.84. The Balaban J connectivity index is 1.94. The highest BCUT2D eigenvalue weighted by molar-refractivity contribution is 9.10. The Hall–Kier alpha value is -1.19. The second-order valence-corrected chi connectivity index (χ2v) is 7.03. The maximum absolute atomic E-state index is 13.5. The number of hydrogen-bond acceptors (Lipinski definition) is 0. The van der Waals surface area contributed by atoms with E-state index >= 15 is 0 Å². The largest absolute Gasteiger partial charge is 0.207 e. The van der Waals surface area contributed by atoms with Crippen LogP contribution in [0.2, 0.25) is 0 Å². The Morgan fingerprint density at radius 1 is 0.952 bits per heavy atom. The van der Waals surface area contributed by atoms with Crippen LogP contribution in [0.15, 0.2) is 65.1 Å². The minimum Gasteiger partial charge on any atom is -0.207 e. The number of rotatable bonds is 3. The van der Waals surface area contributed by atoms with Crippen molar-refractivity contribution in [1.82, 2.24) is 0 Å². The van der Waals surface area contributed by atoms with E-state index < -0.39 is 0 Å². The fraction of sp³-hybridized carbons (Fsp3) is 0.111. The summed E-state index contributed by atoms with van der Waals surface area (Å²) in [6.45, 7) is 0. The summed E-state index contributed by atoms with van der Waals surface area (Å²) in [5.74, 6) is -0.221. The maximum atomic E-state index is 13.5. The molecule has 0 nitrogen and oxygen atoms in total. The van der Waals surface area contributed by atoms with Crippen LogP contribution in [0, 0.1) is 5.82 Å². The van der Waals surface area contributed by atoms with Crippen LogP contribution in [0.1, 0.15) is 16.0 Å². The molecule has 0 aliphatic carbocycles. The normalized spacial score (nSPS) is 12.5.